The number of halogens is 1. The first-order valence-electron chi connectivity index (χ1n) is 8.08. The van der Waals surface area contributed by atoms with Crippen LogP contribution >= 0.6 is 11.6 Å². The van der Waals surface area contributed by atoms with Gasteiger partial charge >= 0.3 is 0 Å². The molecule has 0 saturated carbocycles. The van der Waals surface area contributed by atoms with Crippen molar-refractivity contribution in [3.8, 4) is 0 Å². The van der Waals surface area contributed by atoms with E-state index in [0.717, 1.165) is 11.1 Å². The number of benzene rings is 2. The number of hydrazine groups is 1. The lowest BCUT2D eigenvalue weighted by Gasteiger charge is -2.35. The van der Waals surface area contributed by atoms with E-state index in [0.29, 0.717) is 16.1 Å². The van der Waals surface area contributed by atoms with E-state index in [2.05, 4.69) is 5.43 Å². The van der Waals surface area contributed by atoms with Crippen LogP contribution in [0.15, 0.2) is 42.5 Å². The maximum absolute atomic E-state index is 12.9. The van der Waals surface area contributed by atoms with Gasteiger partial charge in [0.2, 0.25) is 0 Å². The number of amides is 2. The van der Waals surface area contributed by atoms with Crippen molar-refractivity contribution in [2.24, 2.45) is 0 Å². The molecule has 0 unspecified atom stereocenters. The SMILES string of the molecule is Cc1cccc(C(=O)NN(C(=O)c2ccc(Cl)cc2)C(C)(C)C)c1C. The second-order valence-electron chi connectivity index (χ2n) is 7.01. The summed E-state index contributed by atoms with van der Waals surface area (Å²) in [7, 11) is 0. The normalized spacial score (nSPS) is 11.1. The van der Waals surface area contributed by atoms with Crippen LogP contribution in [0.25, 0.3) is 0 Å². The van der Waals surface area contributed by atoms with Crippen LogP contribution in [-0.4, -0.2) is 22.4 Å². The van der Waals surface area contributed by atoms with Crippen LogP contribution in [0.2, 0.25) is 5.02 Å². The van der Waals surface area contributed by atoms with Gasteiger partial charge in [0.05, 0.1) is 5.54 Å². The fraction of sp³-hybridized carbons (Fsp3) is 0.300. The van der Waals surface area contributed by atoms with Gasteiger partial charge in [-0.1, -0.05) is 23.7 Å². The van der Waals surface area contributed by atoms with E-state index in [-0.39, 0.29) is 11.8 Å². The number of carbonyl (C=O) groups excluding carboxylic acids is 2. The van der Waals surface area contributed by atoms with Crippen LogP contribution in [0, 0.1) is 13.8 Å². The summed E-state index contributed by atoms with van der Waals surface area (Å²) in [5.74, 6) is -0.596. The zero-order valence-corrected chi connectivity index (χ0v) is 15.9. The molecule has 0 aliphatic carbocycles. The molecule has 0 aliphatic rings. The topological polar surface area (TPSA) is 49.4 Å². The lowest BCUT2D eigenvalue weighted by atomic mass is 10.0. The molecule has 0 radical (unpaired) electrons. The van der Waals surface area contributed by atoms with E-state index >= 15 is 0 Å². The first kappa shape index (κ1) is 19.0. The summed E-state index contributed by atoms with van der Waals surface area (Å²) in [4.78, 5) is 25.6. The van der Waals surface area contributed by atoms with Gasteiger partial charge in [0, 0.05) is 16.1 Å². The number of hydrogen-bond donors (Lipinski definition) is 1. The second-order valence-corrected chi connectivity index (χ2v) is 7.44. The number of carbonyl (C=O) groups is 2. The zero-order valence-electron chi connectivity index (χ0n) is 15.2. The van der Waals surface area contributed by atoms with Crippen molar-refractivity contribution in [3.05, 3.63) is 69.7 Å². The first-order valence-corrected chi connectivity index (χ1v) is 8.46. The third-order valence-electron chi connectivity index (χ3n) is 4.03. The van der Waals surface area contributed by atoms with E-state index in [1.165, 1.54) is 5.01 Å². The standard InChI is InChI=1S/C20H23ClN2O2/c1-13-7-6-8-17(14(13)2)18(24)22-23(20(3,4)5)19(25)15-9-11-16(21)12-10-15/h6-12H,1-5H3,(H,22,24). The molecule has 25 heavy (non-hydrogen) atoms. The van der Waals surface area contributed by atoms with Gasteiger partial charge in [0.1, 0.15) is 0 Å². The third kappa shape index (κ3) is 4.40. The lowest BCUT2D eigenvalue weighted by molar-refractivity contribution is 0.0358. The summed E-state index contributed by atoms with van der Waals surface area (Å²) < 4.78 is 0. The summed E-state index contributed by atoms with van der Waals surface area (Å²) in [5.41, 5.74) is 5.11. The molecule has 132 valence electrons. The molecule has 2 aromatic rings. The summed E-state index contributed by atoms with van der Waals surface area (Å²) >= 11 is 5.89. The minimum Gasteiger partial charge on any atom is -0.267 e. The Kier molecular flexibility index (Phi) is 5.53. The molecule has 0 saturated heterocycles. The molecule has 2 aromatic carbocycles. The Morgan fingerprint density at radius 1 is 1.00 bits per heavy atom. The number of nitrogens with zero attached hydrogens (tertiary/aromatic N) is 1. The molecule has 2 rings (SSSR count). The van der Waals surface area contributed by atoms with Crippen LogP contribution in [0.3, 0.4) is 0 Å². The van der Waals surface area contributed by atoms with Gasteiger partial charge in [-0.05, 0) is 76.1 Å². The van der Waals surface area contributed by atoms with Gasteiger partial charge in [-0.2, -0.15) is 0 Å². The minimum absolute atomic E-state index is 0.289. The monoisotopic (exact) mass is 358 g/mol. The summed E-state index contributed by atoms with van der Waals surface area (Å²) in [5, 5.41) is 1.92. The molecule has 2 amide bonds. The van der Waals surface area contributed by atoms with Crippen LogP contribution in [0.4, 0.5) is 0 Å². The number of nitrogens with one attached hydrogen (secondary N) is 1. The Morgan fingerprint density at radius 2 is 1.60 bits per heavy atom. The summed E-state index contributed by atoms with van der Waals surface area (Å²) in [6, 6.07) is 12.1. The molecule has 0 aromatic heterocycles. The van der Waals surface area contributed by atoms with E-state index < -0.39 is 5.54 Å². The number of aryl methyl sites for hydroxylation is 1. The van der Waals surface area contributed by atoms with Crippen LogP contribution in [-0.2, 0) is 0 Å². The maximum atomic E-state index is 12.9. The predicted molar refractivity (Wildman–Crippen MR) is 101 cm³/mol. The number of rotatable bonds is 2. The van der Waals surface area contributed by atoms with Crippen molar-refractivity contribution in [3.63, 3.8) is 0 Å². The Balaban J connectivity index is 2.32. The van der Waals surface area contributed by atoms with Crippen molar-refractivity contribution >= 4 is 23.4 Å². The quantitative estimate of drug-likeness (QED) is 0.801. The molecule has 1 N–H and O–H groups in total. The van der Waals surface area contributed by atoms with Crippen molar-refractivity contribution in [1.29, 1.82) is 0 Å². The molecule has 0 spiro atoms. The second kappa shape index (κ2) is 7.28. The Hall–Kier alpha value is -2.33. The van der Waals surface area contributed by atoms with Gasteiger partial charge in [0.25, 0.3) is 11.8 Å². The molecule has 0 atom stereocenters. The molecule has 0 heterocycles. The number of hydrogen-bond acceptors (Lipinski definition) is 2. The van der Waals surface area contributed by atoms with E-state index in [1.54, 1.807) is 30.3 Å². The smallest absolute Gasteiger partial charge is 0.267 e. The molecular formula is C20H23ClN2O2. The fourth-order valence-corrected chi connectivity index (χ4v) is 2.53. The van der Waals surface area contributed by atoms with Gasteiger partial charge in [-0.25, -0.2) is 5.01 Å². The largest absolute Gasteiger partial charge is 0.272 e. The highest BCUT2D eigenvalue weighted by atomic mass is 35.5. The van der Waals surface area contributed by atoms with E-state index in [9.17, 15) is 9.59 Å². The van der Waals surface area contributed by atoms with E-state index in [4.69, 9.17) is 11.6 Å². The van der Waals surface area contributed by atoms with Gasteiger partial charge < -0.3 is 0 Å². The van der Waals surface area contributed by atoms with Gasteiger partial charge in [0.15, 0.2) is 0 Å². The molecular weight excluding hydrogens is 336 g/mol. The van der Waals surface area contributed by atoms with Crippen molar-refractivity contribution in [2.45, 2.75) is 40.2 Å². The van der Waals surface area contributed by atoms with Crippen molar-refractivity contribution < 1.29 is 9.59 Å². The first-order chi connectivity index (χ1) is 11.6. The molecule has 5 heteroatoms. The molecule has 4 nitrogen and oxygen atoms in total. The Bertz CT molecular complexity index is 792. The van der Waals surface area contributed by atoms with E-state index in [1.807, 2.05) is 46.8 Å². The van der Waals surface area contributed by atoms with Crippen molar-refractivity contribution in [2.75, 3.05) is 0 Å². The molecule has 0 bridgehead atoms. The van der Waals surface area contributed by atoms with Gasteiger partial charge in [-0.3, -0.25) is 15.0 Å². The Morgan fingerprint density at radius 3 is 2.16 bits per heavy atom. The fourth-order valence-electron chi connectivity index (χ4n) is 2.40. The minimum atomic E-state index is -0.593. The molecule has 0 aliphatic heterocycles. The van der Waals surface area contributed by atoms with Crippen molar-refractivity contribution in [1.82, 2.24) is 10.4 Å². The average Bonchev–Trinajstić information content (AvgIpc) is 2.54. The Labute approximate surface area is 153 Å². The maximum Gasteiger partial charge on any atom is 0.272 e. The highest BCUT2D eigenvalue weighted by Gasteiger charge is 2.30. The van der Waals surface area contributed by atoms with Gasteiger partial charge in [-0.15, -0.1) is 0 Å². The summed E-state index contributed by atoms with van der Waals surface area (Å²) in [6.45, 7) is 9.44. The summed E-state index contributed by atoms with van der Waals surface area (Å²) in [6.07, 6.45) is 0. The third-order valence-corrected chi connectivity index (χ3v) is 4.28. The lowest BCUT2D eigenvalue weighted by Crippen LogP contribution is -2.56. The van der Waals surface area contributed by atoms with Crippen LogP contribution < -0.4 is 5.43 Å². The van der Waals surface area contributed by atoms with Crippen LogP contribution in [0.5, 0.6) is 0 Å². The van der Waals surface area contributed by atoms with Crippen LogP contribution in [0.1, 0.15) is 52.6 Å². The highest BCUT2D eigenvalue weighted by molar-refractivity contribution is 6.30. The zero-order chi connectivity index (χ0) is 18.8. The highest BCUT2D eigenvalue weighted by Crippen LogP contribution is 2.19. The average molecular weight is 359 g/mol. The molecule has 0 fully saturated rings. The predicted octanol–water partition coefficient (Wildman–Crippen LogP) is 4.54.